The van der Waals surface area contributed by atoms with Crippen molar-refractivity contribution in [1.82, 2.24) is 10.3 Å². The van der Waals surface area contributed by atoms with Gasteiger partial charge < -0.3 is 10.4 Å². The van der Waals surface area contributed by atoms with Crippen LogP contribution in [0.25, 0.3) is 0 Å². The molecule has 2 amide bonds. The standard InChI is InChI=1S/C11H19N3O2S/c1-3-9-7-17-11(13-9)14-10(16)12-6-8(2)4-5-15/h7-8,15H,3-6H2,1-2H3,(H2,12,13,14,16). The summed E-state index contributed by atoms with van der Waals surface area (Å²) in [4.78, 5) is 15.7. The Hall–Kier alpha value is -1.14. The Bertz CT molecular complexity index is 354. The lowest BCUT2D eigenvalue weighted by atomic mass is 10.1. The quantitative estimate of drug-likeness (QED) is 0.728. The van der Waals surface area contributed by atoms with E-state index < -0.39 is 0 Å². The number of amides is 2. The first-order valence-electron chi connectivity index (χ1n) is 5.75. The van der Waals surface area contributed by atoms with Gasteiger partial charge in [0.1, 0.15) is 0 Å². The minimum atomic E-state index is -0.244. The Morgan fingerprint density at radius 3 is 3.00 bits per heavy atom. The van der Waals surface area contributed by atoms with E-state index in [-0.39, 0.29) is 18.6 Å². The summed E-state index contributed by atoms with van der Waals surface area (Å²) >= 11 is 1.42. The highest BCUT2D eigenvalue weighted by atomic mass is 32.1. The summed E-state index contributed by atoms with van der Waals surface area (Å²) in [6, 6.07) is -0.244. The van der Waals surface area contributed by atoms with Crippen molar-refractivity contribution in [3.8, 4) is 0 Å². The van der Waals surface area contributed by atoms with Crippen LogP contribution in [0.2, 0.25) is 0 Å². The van der Waals surface area contributed by atoms with Crippen LogP contribution in [0.4, 0.5) is 9.93 Å². The summed E-state index contributed by atoms with van der Waals surface area (Å²) in [5, 5.41) is 16.7. The predicted molar refractivity (Wildman–Crippen MR) is 69.4 cm³/mol. The van der Waals surface area contributed by atoms with Crippen LogP contribution in [0.1, 0.15) is 26.0 Å². The number of aliphatic hydroxyl groups excluding tert-OH is 1. The van der Waals surface area contributed by atoms with Crippen LogP contribution in [-0.4, -0.2) is 29.3 Å². The Morgan fingerprint density at radius 1 is 1.65 bits per heavy atom. The monoisotopic (exact) mass is 257 g/mol. The summed E-state index contributed by atoms with van der Waals surface area (Å²) in [5.41, 5.74) is 0.985. The molecule has 6 heteroatoms. The minimum Gasteiger partial charge on any atom is -0.396 e. The summed E-state index contributed by atoms with van der Waals surface area (Å²) in [6.07, 6.45) is 1.56. The van der Waals surface area contributed by atoms with Gasteiger partial charge in [-0.25, -0.2) is 9.78 Å². The van der Waals surface area contributed by atoms with E-state index in [0.717, 1.165) is 12.1 Å². The Morgan fingerprint density at radius 2 is 2.41 bits per heavy atom. The molecule has 0 aliphatic rings. The van der Waals surface area contributed by atoms with Gasteiger partial charge in [0.05, 0.1) is 5.69 Å². The number of nitrogens with zero attached hydrogens (tertiary/aromatic N) is 1. The summed E-state index contributed by atoms with van der Waals surface area (Å²) in [6.45, 7) is 4.71. The molecule has 1 unspecified atom stereocenters. The van der Waals surface area contributed by atoms with Crippen LogP contribution in [-0.2, 0) is 6.42 Å². The number of hydrogen-bond acceptors (Lipinski definition) is 4. The van der Waals surface area contributed by atoms with Crippen molar-refractivity contribution in [2.75, 3.05) is 18.5 Å². The van der Waals surface area contributed by atoms with Crippen LogP contribution in [0.15, 0.2) is 5.38 Å². The van der Waals surface area contributed by atoms with Gasteiger partial charge in [-0.05, 0) is 18.8 Å². The van der Waals surface area contributed by atoms with Gasteiger partial charge in [0.15, 0.2) is 5.13 Å². The minimum absolute atomic E-state index is 0.150. The molecular weight excluding hydrogens is 238 g/mol. The van der Waals surface area contributed by atoms with Gasteiger partial charge in [0, 0.05) is 18.5 Å². The van der Waals surface area contributed by atoms with E-state index in [0.29, 0.717) is 18.1 Å². The number of anilines is 1. The molecule has 1 heterocycles. The van der Waals surface area contributed by atoms with E-state index in [2.05, 4.69) is 15.6 Å². The molecule has 0 aliphatic carbocycles. The van der Waals surface area contributed by atoms with E-state index in [1.807, 2.05) is 19.2 Å². The fourth-order valence-corrected chi connectivity index (χ4v) is 2.05. The molecule has 1 atom stereocenters. The average molecular weight is 257 g/mol. The van der Waals surface area contributed by atoms with E-state index >= 15 is 0 Å². The lowest BCUT2D eigenvalue weighted by molar-refractivity contribution is 0.243. The van der Waals surface area contributed by atoms with E-state index in [9.17, 15) is 4.79 Å². The summed E-state index contributed by atoms with van der Waals surface area (Å²) in [7, 11) is 0. The molecule has 1 aromatic rings. The van der Waals surface area contributed by atoms with Crippen molar-refractivity contribution in [2.45, 2.75) is 26.7 Å². The third-order valence-corrected chi connectivity index (χ3v) is 3.17. The fourth-order valence-electron chi connectivity index (χ4n) is 1.26. The third kappa shape index (κ3) is 5.14. The number of hydrogen-bond donors (Lipinski definition) is 3. The third-order valence-electron chi connectivity index (χ3n) is 2.37. The topological polar surface area (TPSA) is 74.2 Å². The summed E-state index contributed by atoms with van der Waals surface area (Å²) in [5.74, 6) is 0.272. The molecule has 1 rings (SSSR count). The molecule has 0 aliphatic heterocycles. The van der Waals surface area contributed by atoms with E-state index in [1.165, 1.54) is 11.3 Å². The van der Waals surface area contributed by atoms with Crippen LogP contribution in [0.5, 0.6) is 0 Å². The molecule has 0 radical (unpaired) electrons. The summed E-state index contributed by atoms with van der Waals surface area (Å²) < 4.78 is 0. The van der Waals surface area contributed by atoms with Crippen molar-refractivity contribution in [3.05, 3.63) is 11.1 Å². The number of urea groups is 1. The van der Waals surface area contributed by atoms with Gasteiger partial charge in [0.25, 0.3) is 0 Å². The van der Waals surface area contributed by atoms with Crippen LogP contribution in [0.3, 0.4) is 0 Å². The number of rotatable bonds is 6. The number of aromatic nitrogens is 1. The molecule has 0 spiro atoms. The molecule has 5 nitrogen and oxygen atoms in total. The molecule has 0 saturated heterocycles. The lowest BCUT2D eigenvalue weighted by Gasteiger charge is -2.10. The Balaban J connectivity index is 2.29. The van der Waals surface area contributed by atoms with Crippen molar-refractivity contribution in [2.24, 2.45) is 5.92 Å². The van der Waals surface area contributed by atoms with Crippen LogP contribution < -0.4 is 10.6 Å². The Kier molecular flexibility index (Phi) is 5.93. The first-order chi connectivity index (χ1) is 8.15. The highest BCUT2D eigenvalue weighted by Crippen LogP contribution is 2.15. The zero-order valence-corrected chi connectivity index (χ0v) is 11.0. The van der Waals surface area contributed by atoms with Crippen molar-refractivity contribution in [3.63, 3.8) is 0 Å². The zero-order valence-electron chi connectivity index (χ0n) is 10.2. The normalized spacial score (nSPS) is 12.2. The molecule has 0 saturated carbocycles. The molecule has 3 N–H and O–H groups in total. The molecule has 17 heavy (non-hydrogen) atoms. The number of carbonyl (C=O) groups is 1. The van der Waals surface area contributed by atoms with E-state index in [4.69, 9.17) is 5.11 Å². The van der Waals surface area contributed by atoms with Gasteiger partial charge >= 0.3 is 6.03 Å². The second-order valence-corrected chi connectivity index (χ2v) is 4.81. The van der Waals surface area contributed by atoms with Gasteiger partial charge in [-0.3, -0.25) is 5.32 Å². The Labute approximate surface area is 105 Å². The number of thiazole rings is 1. The molecule has 0 bridgehead atoms. The largest absolute Gasteiger partial charge is 0.396 e. The number of aliphatic hydroxyl groups is 1. The van der Waals surface area contributed by atoms with Crippen molar-refractivity contribution < 1.29 is 9.90 Å². The van der Waals surface area contributed by atoms with Gasteiger partial charge in [-0.1, -0.05) is 13.8 Å². The maximum Gasteiger partial charge on any atom is 0.321 e. The average Bonchev–Trinajstić information content (AvgIpc) is 2.74. The fraction of sp³-hybridized carbons (Fsp3) is 0.636. The number of carbonyl (C=O) groups excluding carboxylic acids is 1. The van der Waals surface area contributed by atoms with Gasteiger partial charge in [0.2, 0.25) is 0 Å². The molecule has 0 fully saturated rings. The second kappa shape index (κ2) is 7.24. The highest BCUT2D eigenvalue weighted by molar-refractivity contribution is 7.13. The zero-order chi connectivity index (χ0) is 12.7. The molecule has 96 valence electrons. The lowest BCUT2D eigenvalue weighted by Crippen LogP contribution is -2.32. The van der Waals surface area contributed by atoms with Crippen LogP contribution >= 0.6 is 11.3 Å². The highest BCUT2D eigenvalue weighted by Gasteiger charge is 2.07. The SMILES string of the molecule is CCc1csc(NC(=O)NCC(C)CCO)n1. The van der Waals surface area contributed by atoms with Crippen molar-refractivity contribution in [1.29, 1.82) is 0 Å². The second-order valence-electron chi connectivity index (χ2n) is 3.95. The first-order valence-corrected chi connectivity index (χ1v) is 6.63. The smallest absolute Gasteiger partial charge is 0.321 e. The van der Waals surface area contributed by atoms with Crippen molar-refractivity contribution >= 4 is 22.5 Å². The molecule has 0 aromatic carbocycles. The molecular formula is C11H19N3O2S. The van der Waals surface area contributed by atoms with Crippen LogP contribution in [0, 0.1) is 5.92 Å². The van der Waals surface area contributed by atoms with Gasteiger partial charge in [-0.2, -0.15) is 0 Å². The number of nitrogens with one attached hydrogen (secondary N) is 2. The maximum atomic E-state index is 11.5. The first kappa shape index (κ1) is 13.9. The maximum absolute atomic E-state index is 11.5. The molecule has 1 aromatic heterocycles. The number of aryl methyl sites for hydroxylation is 1. The van der Waals surface area contributed by atoms with E-state index in [1.54, 1.807) is 0 Å². The van der Waals surface area contributed by atoms with Gasteiger partial charge in [-0.15, -0.1) is 11.3 Å². The predicted octanol–water partition coefficient (Wildman–Crippen LogP) is 1.85.